The number of anilines is 1. The average Bonchev–Trinajstić information content (AvgIpc) is 3.11. The summed E-state index contributed by atoms with van der Waals surface area (Å²) in [6.07, 6.45) is 0. The molecule has 9 heteroatoms. The molecule has 1 fully saturated rings. The summed E-state index contributed by atoms with van der Waals surface area (Å²) in [6.45, 7) is 0.764. The first-order valence-corrected chi connectivity index (χ1v) is 11.1. The van der Waals surface area contributed by atoms with Crippen LogP contribution in [-0.4, -0.2) is 35.1 Å². The normalized spacial score (nSPS) is 18.9. The van der Waals surface area contributed by atoms with Crippen LogP contribution >= 0.6 is 23.2 Å². The molecule has 172 valence electrons. The van der Waals surface area contributed by atoms with Gasteiger partial charge >= 0.3 is 0 Å². The van der Waals surface area contributed by atoms with Gasteiger partial charge in [-0.1, -0.05) is 35.3 Å². The summed E-state index contributed by atoms with van der Waals surface area (Å²) in [5, 5.41) is 21.5. The standard InChI is InChI=1S/C25H17Cl2NO6/c26-17-7-4-15(12-18(17)27)28-22(13-1-5-16(29)6-2-13)21(24(31)25(28)32)23(30)14-3-8-19-20(11-14)34-10-9-33-19/h1-8,11-12,22,29-30H,9-10H2/b23-21-. The van der Waals surface area contributed by atoms with E-state index in [1.165, 1.54) is 29.2 Å². The molecule has 34 heavy (non-hydrogen) atoms. The van der Waals surface area contributed by atoms with Crippen LogP contribution in [0.4, 0.5) is 5.69 Å². The number of hydrogen-bond donors (Lipinski definition) is 2. The first kappa shape index (κ1) is 22.1. The Morgan fingerprint density at radius 2 is 1.59 bits per heavy atom. The number of ether oxygens (including phenoxy) is 2. The molecule has 7 nitrogen and oxygen atoms in total. The van der Waals surface area contributed by atoms with Gasteiger partial charge in [0, 0.05) is 11.3 Å². The third kappa shape index (κ3) is 3.73. The van der Waals surface area contributed by atoms with Crippen LogP contribution in [0.5, 0.6) is 17.2 Å². The Balaban J connectivity index is 1.70. The lowest BCUT2D eigenvalue weighted by Gasteiger charge is -2.26. The van der Waals surface area contributed by atoms with Crippen molar-refractivity contribution in [2.75, 3.05) is 18.1 Å². The van der Waals surface area contributed by atoms with Gasteiger partial charge < -0.3 is 19.7 Å². The van der Waals surface area contributed by atoms with Gasteiger partial charge in [-0.25, -0.2) is 0 Å². The lowest BCUT2D eigenvalue weighted by Crippen LogP contribution is -2.29. The Hall–Kier alpha value is -3.68. The highest BCUT2D eigenvalue weighted by Gasteiger charge is 2.47. The topological polar surface area (TPSA) is 96.3 Å². The Labute approximate surface area is 204 Å². The molecule has 0 saturated carbocycles. The van der Waals surface area contributed by atoms with E-state index in [2.05, 4.69) is 0 Å². The molecule has 2 aliphatic rings. The SMILES string of the molecule is O=C1C(=O)N(c2ccc(Cl)c(Cl)c2)C(c2ccc(O)cc2)/C1=C(/O)c1ccc2c(c1)OCCO2. The number of amides is 1. The Morgan fingerprint density at radius 1 is 0.882 bits per heavy atom. The van der Waals surface area contributed by atoms with Crippen LogP contribution in [0.15, 0.2) is 66.2 Å². The van der Waals surface area contributed by atoms with Gasteiger partial charge in [0.25, 0.3) is 11.7 Å². The highest BCUT2D eigenvalue weighted by Crippen LogP contribution is 2.44. The zero-order valence-electron chi connectivity index (χ0n) is 17.5. The van der Waals surface area contributed by atoms with Gasteiger partial charge in [-0.05, 0) is 54.1 Å². The van der Waals surface area contributed by atoms with E-state index in [1.54, 1.807) is 36.4 Å². The van der Waals surface area contributed by atoms with E-state index in [0.717, 1.165) is 0 Å². The van der Waals surface area contributed by atoms with E-state index in [0.29, 0.717) is 46.5 Å². The summed E-state index contributed by atoms with van der Waals surface area (Å²) in [5.41, 5.74) is 1.01. The minimum atomic E-state index is -0.981. The molecule has 2 heterocycles. The van der Waals surface area contributed by atoms with Crippen molar-refractivity contribution in [1.82, 2.24) is 0 Å². The molecular weight excluding hydrogens is 481 g/mol. The Kier molecular flexibility index (Phi) is 5.59. The maximum absolute atomic E-state index is 13.2. The molecule has 2 aliphatic heterocycles. The number of benzene rings is 3. The maximum atomic E-state index is 13.2. The predicted molar refractivity (Wildman–Crippen MR) is 127 cm³/mol. The van der Waals surface area contributed by atoms with E-state index in [9.17, 15) is 19.8 Å². The second kappa shape index (κ2) is 8.59. The molecule has 0 radical (unpaired) electrons. The third-order valence-corrected chi connectivity index (χ3v) is 6.39. The first-order chi connectivity index (χ1) is 16.3. The largest absolute Gasteiger partial charge is 0.508 e. The number of hydrogen-bond acceptors (Lipinski definition) is 6. The van der Waals surface area contributed by atoms with Crippen LogP contribution in [0.2, 0.25) is 10.0 Å². The van der Waals surface area contributed by atoms with Crippen LogP contribution < -0.4 is 14.4 Å². The number of halogens is 2. The first-order valence-electron chi connectivity index (χ1n) is 10.3. The van der Waals surface area contributed by atoms with Crippen LogP contribution in [0.25, 0.3) is 5.76 Å². The summed E-state index contributed by atoms with van der Waals surface area (Å²) in [6, 6.07) is 14.4. The second-order valence-electron chi connectivity index (χ2n) is 7.72. The molecule has 1 atom stereocenters. The van der Waals surface area contributed by atoms with Crippen molar-refractivity contribution in [2.45, 2.75) is 6.04 Å². The number of aliphatic hydroxyl groups is 1. The molecule has 0 aliphatic carbocycles. The maximum Gasteiger partial charge on any atom is 0.300 e. The molecule has 1 saturated heterocycles. The molecule has 1 amide bonds. The summed E-state index contributed by atoms with van der Waals surface area (Å²) in [4.78, 5) is 27.7. The number of aliphatic hydroxyl groups excluding tert-OH is 1. The molecule has 3 aromatic rings. The highest BCUT2D eigenvalue weighted by molar-refractivity contribution is 6.52. The summed E-state index contributed by atoms with van der Waals surface area (Å²) in [5.74, 6) is -1.10. The molecular formula is C25H17Cl2NO6. The fraction of sp³-hybridized carbons (Fsp3) is 0.120. The summed E-state index contributed by atoms with van der Waals surface area (Å²) in [7, 11) is 0. The number of carbonyl (C=O) groups is 2. The van der Waals surface area contributed by atoms with E-state index in [4.69, 9.17) is 32.7 Å². The lowest BCUT2D eigenvalue weighted by atomic mass is 9.95. The fourth-order valence-corrected chi connectivity index (χ4v) is 4.34. The lowest BCUT2D eigenvalue weighted by molar-refractivity contribution is -0.132. The van der Waals surface area contributed by atoms with Crippen LogP contribution in [0.1, 0.15) is 17.2 Å². The quantitative estimate of drug-likeness (QED) is 0.297. The number of ketones is 1. The minimum Gasteiger partial charge on any atom is -0.508 e. The van der Waals surface area contributed by atoms with Gasteiger partial charge in [-0.3, -0.25) is 14.5 Å². The van der Waals surface area contributed by atoms with Gasteiger partial charge in [-0.2, -0.15) is 0 Å². The predicted octanol–water partition coefficient (Wildman–Crippen LogP) is 5.10. The number of aromatic hydroxyl groups is 1. The van der Waals surface area contributed by atoms with Crippen molar-refractivity contribution in [2.24, 2.45) is 0 Å². The molecule has 0 bridgehead atoms. The highest BCUT2D eigenvalue weighted by atomic mass is 35.5. The van der Waals surface area contributed by atoms with Crippen LogP contribution in [-0.2, 0) is 9.59 Å². The van der Waals surface area contributed by atoms with Gasteiger partial charge in [-0.15, -0.1) is 0 Å². The minimum absolute atomic E-state index is 0.0158. The van der Waals surface area contributed by atoms with Gasteiger partial charge in [0.15, 0.2) is 11.5 Å². The van der Waals surface area contributed by atoms with Gasteiger partial charge in [0.05, 0.1) is 21.7 Å². The van der Waals surface area contributed by atoms with E-state index in [-0.39, 0.29) is 22.1 Å². The van der Waals surface area contributed by atoms with Crippen molar-refractivity contribution in [1.29, 1.82) is 0 Å². The molecule has 5 rings (SSSR count). The Bertz CT molecular complexity index is 1350. The van der Waals surface area contributed by atoms with Crippen molar-refractivity contribution in [3.05, 3.63) is 87.4 Å². The van der Waals surface area contributed by atoms with Crippen LogP contribution in [0, 0.1) is 0 Å². The average molecular weight is 498 g/mol. The number of rotatable bonds is 3. The monoisotopic (exact) mass is 497 g/mol. The number of phenolic OH excluding ortho intramolecular Hbond substituents is 1. The number of Topliss-reactive ketones (excluding diaryl/α,β-unsaturated/α-hetero) is 1. The van der Waals surface area contributed by atoms with Gasteiger partial charge in [0.1, 0.15) is 24.7 Å². The molecule has 3 aromatic carbocycles. The fourth-order valence-electron chi connectivity index (χ4n) is 4.05. The number of fused-ring (bicyclic) bond motifs is 1. The van der Waals surface area contributed by atoms with Crippen molar-refractivity contribution in [3.63, 3.8) is 0 Å². The number of nitrogens with zero attached hydrogens (tertiary/aromatic N) is 1. The Morgan fingerprint density at radius 3 is 2.29 bits per heavy atom. The van der Waals surface area contributed by atoms with Crippen molar-refractivity contribution < 1.29 is 29.3 Å². The number of carbonyl (C=O) groups excluding carboxylic acids is 2. The third-order valence-electron chi connectivity index (χ3n) is 5.65. The molecule has 1 unspecified atom stereocenters. The summed E-state index contributed by atoms with van der Waals surface area (Å²) < 4.78 is 11.1. The molecule has 2 N–H and O–H groups in total. The van der Waals surface area contributed by atoms with Crippen molar-refractivity contribution in [3.8, 4) is 17.2 Å². The molecule has 0 spiro atoms. The van der Waals surface area contributed by atoms with E-state index < -0.39 is 17.7 Å². The van der Waals surface area contributed by atoms with Crippen molar-refractivity contribution >= 4 is 46.3 Å². The number of phenols is 1. The zero-order chi connectivity index (χ0) is 24.0. The second-order valence-corrected chi connectivity index (χ2v) is 8.53. The zero-order valence-corrected chi connectivity index (χ0v) is 19.0. The van der Waals surface area contributed by atoms with E-state index in [1.807, 2.05) is 0 Å². The van der Waals surface area contributed by atoms with Gasteiger partial charge in [0.2, 0.25) is 0 Å². The smallest absolute Gasteiger partial charge is 0.300 e. The molecule has 0 aromatic heterocycles. The summed E-state index contributed by atoms with van der Waals surface area (Å²) >= 11 is 12.2. The van der Waals surface area contributed by atoms with Crippen LogP contribution in [0.3, 0.4) is 0 Å². The van der Waals surface area contributed by atoms with E-state index >= 15 is 0 Å².